The number of aldehydes is 1. The Kier molecular flexibility index (Phi) is 5.43. The molecule has 0 spiro atoms. The molecule has 0 saturated heterocycles. The van der Waals surface area contributed by atoms with Gasteiger partial charge in [0.2, 0.25) is 0 Å². The highest BCUT2D eigenvalue weighted by Gasteiger charge is 1.96. The minimum Gasteiger partial charge on any atom is -0.378 e. The number of hydrogen-bond acceptors (Lipinski definition) is 3. The van der Waals surface area contributed by atoms with Gasteiger partial charge in [-0.05, 0) is 26.0 Å². The van der Waals surface area contributed by atoms with Gasteiger partial charge in [-0.15, -0.1) is 11.8 Å². The van der Waals surface area contributed by atoms with Gasteiger partial charge in [0.1, 0.15) is 6.29 Å². The second-order valence-electron chi connectivity index (χ2n) is 3.45. The molecule has 0 amide bonds. The van der Waals surface area contributed by atoms with E-state index in [4.69, 9.17) is 4.74 Å². The monoisotopic (exact) mass is 224 g/mol. The lowest BCUT2D eigenvalue weighted by Gasteiger charge is -2.06. The van der Waals surface area contributed by atoms with Crippen molar-refractivity contribution in [3.63, 3.8) is 0 Å². The molecule has 0 atom stereocenters. The summed E-state index contributed by atoms with van der Waals surface area (Å²) in [6, 6.07) is 7.59. The van der Waals surface area contributed by atoms with E-state index in [0.29, 0.717) is 6.10 Å². The SMILES string of the molecule is CC(C)OCCSc1ccc(C=O)cc1. The first-order valence-corrected chi connectivity index (χ1v) is 6.00. The molecule has 1 aromatic carbocycles. The normalized spacial score (nSPS) is 10.6. The van der Waals surface area contributed by atoms with Crippen molar-refractivity contribution in [3.05, 3.63) is 29.8 Å². The van der Waals surface area contributed by atoms with E-state index in [2.05, 4.69) is 0 Å². The molecular weight excluding hydrogens is 208 g/mol. The molecule has 0 aliphatic carbocycles. The Morgan fingerprint density at radius 3 is 2.53 bits per heavy atom. The van der Waals surface area contributed by atoms with Crippen molar-refractivity contribution in [2.75, 3.05) is 12.4 Å². The summed E-state index contributed by atoms with van der Waals surface area (Å²) in [5.41, 5.74) is 0.720. The van der Waals surface area contributed by atoms with Crippen molar-refractivity contribution in [2.24, 2.45) is 0 Å². The van der Waals surface area contributed by atoms with Gasteiger partial charge in [-0.3, -0.25) is 4.79 Å². The summed E-state index contributed by atoms with van der Waals surface area (Å²) in [7, 11) is 0. The first-order valence-electron chi connectivity index (χ1n) is 5.02. The largest absolute Gasteiger partial charge is 0.378 e. The van der Waals surface area contributed by atoms with Crippen molar-refractivity contribution in [1.82, 2.24) is 0 Å². The molecule has 0 saturated carbocycles. The summed E-state index contributed by atoms with van der Waals surface area (Å²) >= 11 is 1.74. The number of thioether (sulfide) groups is 1. The van der Waals surface area contributed by atoms with Crippen LogP contribution in [0.15, 0.2) is 29.2 Å². The Morgan fingerprint density at radius 2 is 2.00 bits per heavy atom. The van der Waals surface area contributed by atoms with Gasteiger partial charge in [-0.25, -0.2) is 0 Å². The lowest BCUT2D eigenvalue weighted by atomic mass is 10.2. The van der Waals surface area contributed by atoms with Crippen molar-refractivity contribution in [3.8, 4) is 0 Å². The zero-order valence-corrected chi connectivity index (χ0v) is 9.92. The Bertz CT molecular complexity index is 293. The molecule has 0 radical (unpaired) electrons. The maximum atomic E-state index is 10.4. The third-order valence-corrected chi connectivity index (χ3v) is 2.80. The second kappa shape index (κ2) is 6.64. The maximum Gasteiger partial charge on any atom is 0.150 e. The van der Waals surface area contributed by atoms with Crippen molar-refractivity contribution in [2.45, 2.75) is 24.8 Å². The van der Waals surface area contributed by atoms with Gasteiger partial charge >= 0.3 is 0 Å². The van der Waals surface area contributed by atoms with Gasteiger partial charge in [0, 0.05) is 16.2 Å². The molecule has 0 aliphatic heterocycles. The van der Waals surface area contributed by atoms with Gasteiger partial charge in [0.05, 0.1) is 12.7 Å². The van der Waals surface area contributed by atoms with E-state index in [0.717, 1.165) is 24.2 Å². The summed E-state index contributed by atoms with van der Waals surface area (Å²) in [4.78, 5) is 11.6. The molecule has 0 bridgehead atoms. The lowest BCUT2D eigenvalue weighted by Crippen LogP contribution is -2.05. The fourth-order valence-electron chi connectivity index (χ4n) is 1.09. The highest BCUT2D eigenvalue weighted by atomic mass is 32.2. The summed E-state index contributed by atoms with van der Waals surface area (Å²) in [5.74, 6) is 0.943. The summed E-state index contributed by atoms with van der Waals surface area (Å²) in [5, 5.41) is 0. The first kappa shape index (κ1) is 12.3. The van der Waals surface area contributed by atoms with Crippen LogP contribution >= 0.6 is 11.8 Å². The molecule has 0 aliphatic rings. The number of hydrogen-bond donors (Lipinski definition) is 0. The van der Waals surface area contributed by atoms with Crippen LogP contribution in [0.1, 0.15) is 24.2 Å². The van der Waals surface area contributed by atoms with Crippen LogP contribution in [-0.2, 0) is 4.74 Å². The lowest BCUT2D eigenvalue weighted by molar-refractivity contribution is 0.0920. The standard InChI is InChI=1S/C12H16O2S/c1-10(2)14-7-8-15-12-5-3-11(9-13)4-6-12/h3-6,9-10H,7-8H2,1-2H3. The van der Waals surface area contributed by atoms with E-state index in [1.165, 1.54) is 4.90 Å². The van der Waals surface area contributed by atoms with Gasteiger partial charge in [0.15, 0.2) is 0 Å². The van der Waals surface area contributed by atoms with Crippen LogP contribution in [0.4, 0.5) is 0 Å². The molecule has 2 nitrogen and oxygen atoms in total. The number of benzene rings is 1. The third-order valence-electron chi connectivity index (χ3n) is 1.82. The molecule has 0 fully saturated rings. The number of ether oxygens (including phenoxy) is 1. The zero-order chi connectivity index (χ0) is 11.1. The van der Waals surface area contributed by atoms with Crippen LogP contribution in [-0.4, -0.2) is 24.7 Å². The molecular formula is C12H16O2S. The average Bonchev–Trinajstić information content (AvgIpc) is 2.25. The zero-order valence-electron chi connectivity index (χ0n) is 9.10. The number of rotatable bonds is 6. The first-order chi connectivity index (χ1) is 7.22. The van der Waals surface area contributed by atoms with Gasteiger partial charge in [-0.1, -0.05) is 12.1 Å². The molecule has 1 rings (SSSR count). The highest BCUT2D eigenvalue weighted by molar-refractivity contribution is 7.99. The Hall–Kier alpha value is -0.800. The van der Waals surface area contributed by atoms with Crippen molar-refractivity contribution >= 4 is 18.0 Å². The van der Waals surface area contributed by atoms with Crippen LogP contribution in [0.25, 0.3) is 0 Å². The molecule has 0 heterocycles. The predicted molar refractivity (Wildman–Crippen MR) is 63.6 cm³/mol. The number of carbonyl (C=O) groups is 1. The van der Waals surface area contributed by atoms with Crippen LogP contribution in [0.5, 0.6) is 0 Å². The van der Waals surface area contributed by atoms with Gasteiger partial charge in [0.25, 0.3) is 0 Å². The van der Waals surface area contributed by atoms with E-state index < -0.39 is 0 Å². The quantitative estimate of drug-likeness (QED) is 0.422. The van der Waals surface area contributed by atoms with Crippen LogP contribution in [0.2, 0.25) is 0 Å². The van der Waals surface area contributed by atoms with Crippen LogP contribution in [0.3, 0.4) is 0 Å². The van der Waals surface area contributed by atoms with Crippen LogP contribution in [0, 0.1) is 0 Å². The minimum atomic E-state index is 0.294. The molecule has 1 aromatic rings. The molecule has 82 valence electrons. The topological polar surface area (TPSA) is 26.3 Å². The fraction of sp³-hybridized carbons (Fsp3) is 0.417. The molecule has 15 heavy (non-hydrogen) atoms. The summed E-state index contributed by atoms with van der Waals surface area (Å²) in [6.07, 6.45) is 1.15. The van der Waals surface area contributed by atoms with E-state index in [1.54, 1.807) is 11.8 Å². The smallest absolute Gasteiger partial charge is 0.150 e. The molecule has 0 N–H and O–H groups in total. The van der Waals surface area contributed by atoms with E-state index in [-0.39, 0.29) is 0 Å². The van der Waals surface area contributed by atoms with Crippen molar-refractivity contribution in [1.29, 1.82) is 0 Å². The maximum absolute atomic E-state index is 10.4. The molecule has 0 unspecified atom stereocenters. The Balaban J connectivity index is 2.28. The summed E-state index contributed by atoms with van der Waals surface area (Å²) in [6.45, 7) is 4.82. The van der Waals surface area contributed by atoms with Gasteiger partial charge in [-0.2, -0.15) is 0 Å². The van der Waals surface area contributed by atoms with E-state index in [1.807, 2.05) is 38.1 Å². The molecule has 3 heteroatoms. The van der Waals surface area contributed by atoms with Gasteiger partial charge < -0.3 is 4.74 Å². The predicted octanol–water partition coefficient (Wildman–Crippen LogP) is 3.02. The summed E-state index contributed by atoms with van der Waals surface area (Å²) < 4.78 is 5.43. The Labute approximate surface area is 95.0 Å². The number of carbonyl (C=O) groups excluding carboxylic acids is 1. The minimum absolute atomic E-state index is 0.294. The van der Waals surface area contributed by atoms with Crippen molar-refractivity contribution < 1.29 is 9.53 Å². The third kappa shape index (κ3) is 5.00. The van der Waals surface area contributed by atoms with E-state index in [9.17, 15) is 4.79 Å². The van der Waals surface area contributed by atoms with Crippen LogP contribution < -0.4 is 0 Å². The molecule has 0 aromatic heterocycles. The Morgan fingerprint density at radius 1 is 1.33 bits per heavy atom. The fourth-order valence-corrected chi connectivity index (χ4v) is 1.83. The highest BCUT2D eigenvalue weighted by Crippen LogP contribution is 2.17. The van der Waals surface area contributed by atoms with E-state index >= 15 is 0 Å². The second-order valence-corrected chi connectivity index (χ2v) is 4.62. The average molecular weight is 224 g/mol.